The van der Waals surface area contributed by atoms with Crippen molar-refractivity contribution in [2.45, 2.75) is 25.8 Å². The first-order chi connectivity index (χ1) is 15.5. The molecule has 162 valence electrons. The normalized spacial score (nSPS) is 13.3. The first-order valence-corrected chi connectivity index (χ1v) is 11.3. The standard InChI is InChI=1S/C24H21FN4O2S/c25-18-8-6-16(7-9-18)21-13-29-20(14-32-24(29)28-21)11-22(30)26-12-15-2-1-3-19(10-15)27-23(31)17-4-5-17/h1-3,6-10,13-14,17H,4-5,11-12H2,(H,26,30)(H,27,31). The number of carbonyl (C=O) groups excluding carboxylic acids is 2. The number of imidazole rings is 1. The molecule has 2 heterocycles. The minimum absolute atomic E-state index is 0.0630. The smallest absolute Gasteiger partial charge is 0.227 e. The second kappa shape index (κ2) is 8.55. The molecule has 0 aliphatic heterocycles. The number of amides is 2. The van der Waals surface area contributed by atoms with E-state index < -0.39 is 0 Å². The van der Waals surface area contributed by atoms with Crippen molar-refractivity contribution in [1.82, 2.24) is 14.7 Å². The van der Waals surface area contributed by atoms with E-state index in [2.05, 4.69) is 15.6 Å². The van der Waals surface area contributed by atoms with Crippen LogP contribution in [0, 0.1) is 11.7 Å². The number of anilines is 1. The fourth-order valence-electron chi connectivity index (χ4n) is 3.49. The summed E-state index contributed by atoms with van der Waals surface area (Å²) in [5.41, 5.74) is 4.08. The molecular formula is C24H21FN4O2S. The monoisotopic (exact) mass is 448 g/mol. The van der Waals surface area contributed by atoms with Crippen molar-refractivity contribution in [2.75, 3.05) is 5.32 Å². The van der Waals surface area contributed by atoms with Crippen LogP contribution in [0.2, 0.25) is 0 Å². The minimum atomic E-state index is -0.289. The number of halogens is 1. The molecule has 1 saturated carbocycles. The molecule has 0 spiro atoms. The summed E-state index contributed by atoms with van der Waals surface area (Å²) in [6.45, 7) is 0.379. The van der Waals surface area contributed by atoms with Gasteiger partial charge in [-0.3, -0.25) is 14.0 Å². The highest BCUT2D eigenvalue weighted by Gasteiger charge is 2.29. The van der Waals surface area contributed by atoms with Gasteiger partial charge in [-0.25, -0.2) is 9.37 Å². The van der Waals surface area contributed by atoms with E-state index in [9.17, 15) is 14.0 Å². The zero-order valence-electron chi connectivity index (χ0n) is 17.2. The van der Waals surface area contributed by atoms with Crippen LogP contribution in [0.3, 0.4) is 0 Å². The fraction of sp³-hybridized carbons (Fsp3) is 0.208. The number of hydrogen-bond acceptors (Lipinski definition) is 4. The Morgan fingerprint density at radius 3 is 2.75 bits per heavy atom. The SMILES string of the molecule is O=C(Cc1csc2nc(-c3ccc(F)cc3)cn12)NCc1cccc(NC(=O)C2CC2)c1. The van der Waals surface area contributed by atoms with Gasteiger partial charge in [-0.15, -0.1) is 11.3 Å². The lowest BCUT2D eigenvalue weighted by molar-refractivity contribution is -0.120. The molecule has 4 aromatic rings. The summed E-state index contributed by atoms with van der Waals surface area (Å²) in [6.07, 6.45) is 4.00. The summed E-state index contributed by atoms with van der Waals surface area (Å²) in [7, 11) is 0. The Labute approximate surface area is 188 Å². The predicted octanol–water partition coefficient (Wildman–Crippen LogP) is 4.41. The number of benzene rings is 2. The Hall–Kier alpha value is -3.52. The number of carbonyl (C=O) groups is 2. The topological polar surface area (TPSA) is 75.5 Å². The molecule has 1 aliphatic rings. The van der Waals surface area contributed by atoms with Crippen LogP contribution in [0.5, 0.6) is 0 Å². The van der Waals surface area contributed by atoms with Crippen molar-refractivity contribution in [3.05, 3.63) is 77.2 Å². The van der Waals surface area contributed by atoms with Crippen LogP contribution in [0.4, 0.5) is 10.1 Å². The molecule has 0 bridgehead atoms. The molecule has 2 N–H and O–H groups in total. The van der Waals surface area contributed by atoms with Crippen molar-refractivity contribution in [3.63, 3.8) is 0 Å². The summed E-state index contributed by atoms with van der Waals surface area (Å²) in [4.78, 5) is 29.9. The van der Waals surface area contributed by atoms with E-state index in [0.29, 0.717) is 6.54 Å². The molecule has 2 aromatic heterocycles. The summed E-state index contributed by atoms with van der Waals surface area (Å²) in [5.74, 6) is -0.183. The van der Waals surface area contributed by atoms with Crippen LogP contribution in [0.1, 0.15) is 24.1 Å². The third-order valence-corrected chi connectivity index (χ3v) is 6.29. The van der Waals surface area contributed by atoms with Crippen LogP contribution >= 0.6 is 11.3 Å². The lowest BCUT2D eigenvalue weighted by Crippen LogP contribution is -2.25. The summed E-state index contributed by atoms with van der Waals surface area (Å²) in [5, 5.41) is 7.79. The lowest BCUT2D eigenvalue weighted by atomic mass is 10.2. The van der Waals surface area contributed by atoms with E-state index in [0.717, 1.165) is 46.0 Å². The third-order valence-electron chi connectivity index (χ3n) is 5.40. The highest BCUT2D eigenvalue weighted by Crippen LogP contribution is 2.30. The second-order valence-electron chi connectivity index (χ2n) is 7.93. The molecular weight excluding hydrogens is 427 g/mol. The first kappa shape index (κ1) is 20.4. The third kappa shape index (κ3) is 4.55. The van der Waals surface area contributed by atoms with Gasteiger partial charge in [0, 0.05) is 41.0 Å². The average Bonchev–Trinajstić information content (AvgIpc) is 3.46. The number of nitrogens with one attached hydrogen (secondary N) is 2. The van der Waals surface area contributed by atoms with E-state index in [1.54, 1.807) is 12.1 Å². The summed E-state index contributed by atoms with van der Waals surface area (Å²) >= 11 is 1.46. The Kier molecular flexibility index (Phi) is 5.45. The number of hydrogen-bond donors (Lipinski definition) is 2. The van der Waals surface area contributed by atoms with Crippen LogP contribution in [-0.4, -0.2) is 21.2 Å². The number of fused-ring (bicyclic) bond motifs is 1. The van der Waals surface area contributed by atoms with Gasteiger partial charge in [-0.1, -0.05) is 12.1 Å². The number of nitrogens with zero attached hydrogens (tertiary/aromatic N) is 2. The Morgan fingerprint density at radius 1 is 1.16 bits per heavy atom. The quantitative estimate of drug-likeness (QED) is 0.440. The van der Waals surface area contributed by atoms with E-state index in [1.165, 1.54) is 23.5 Å². The van der Waals surface area contributed by atoms with Gasteiger partial charge < -0.3 is 10.6 Å². The van der Waals surface area contributed by atoms with Crippen molar-refractivity contribution < 1.29 is 14.0 Å². The molecule has 0 radical (unpaired) electrons. The molecule has 2 amide bonds. The number of rotatable bonds is 7. The highest BCUT2D eigenvalue weighted by molar-refractivity contribution is 7.15. The predicted molar refractivity (Wildman–Crippen MR) is 122 cm³/mol. The fourth-order valence-corrected chi connectivity index (χ4v) is 4.37. The molecule has 2 aromatic carbocycles. The Bertz CT molecular complexity index is 1290. The van der Waals surface area contributed by atoms with Gasteiger partial charge in [0.1, 0.15) is 5.82 Å². The zero-order valence-corrected chi connectivity index (χ0v) is 18.0. The van der Waals surface area contributed by atoms with Crippen molar-refractivity contribution in [1.29, 1.82) is 0 Å². The average molecular weight is 449 g/mol. The Morgan fingerprint density at radius 2 is 1.97 bits per heavy atom. The molecule has 0 saturated heterocycles. The Balaban J connectivity index is 1.21. The maximum Gasteiger partial charge on any atom is 0.227 e. The van der Waals surface area contributed by atoms with Crippen LogP contribution in [0.15, 0.2) is 60.1 Å². The highest BCUT2D eigenvalue weighted by atomic mass is 32.1. The van der Waals surface area contributed by atoms with Crippen molar-refractivity contribution >= 4 is 33.8 Å². The number of aromatic nitrogens is 2. The van der Waals surface area contributed by atoms with Gasteiger partial charge in [0.05, 0.1) is 12.1 Å². The van der Waals surface area contributed by atoms with E-state index in [4.69, 9.17) is 0 Å². The molecule has 1 aliphatic carbocycles. The van der Waals surface area contributed by atoms with Gasteiger partial charge in [0.2, 0.25) is 11.8 Å². The summed E-state index contributed by atoms with van der Waals surface area (Å²) < 4.78 is 15.1. The second-order valence-corrected chi connectivity index (χ2v) is 8.77. The minimum Gasteiger partial charge on any atom is -0.352 e. The lowest BCUT2D eigenvalue weighted by Gasteiger charge is -2.08. The number of thiazole rings is 1. The van der Waals surface area contributed by atoms with E-state index >= 15 is 0 Å². The van der Waals surface area contributed by atoms with E-state index in [1.807, 2.05) is 40.2 Å². The molecule has 5 rings (SSSR count). The van der Waals surface area contributed by atoms with Gasteiger partial charge >= 0.3 is 0 Å². The zero-order chi connectivity index (χ0) is 22.1. The maximum absolute atomic E-state index is 13.2. The van der Waals surface area contributed by atoms with Crippen molar-refractivity contribution in [2.24, 2.45) is 5.92 Å². The van der Waals surface area contributed by atoms with Gasteiger partial charge in [-0.2, -0.15) is 0 Å². The van der Waals surface area contributed by atoms with Gasteiger partial charge in [-0.05, 0) is 54.8 Å². The molecule has 6 nitrogen and oxygen atoms in total. The largest absolute Gasteiger partial charge is 0.352 e. The molecule has 8 heteroatoms. The molecule has 1 fully saturated rings. The van der Waals surface area contributed by atoms with Gasteiger partial charge in [0.15, 0.2) is 4.96 Å². The van der Waals surface area contributed by atoms with Crippen LogP contribution in [0.25, 0.3) is 16.2 Å². The molecule has 32 heavy (non-hydrogen) atoms. The molecule has 0 unspecified atom stereocenters. The molecule has 0 atom stereocenters. The van der Waals surface area contributed by atoms with Crippen LogP contribution in [-0.2, 0) is 22.6 Å². The van der Waals surface area contributed by atoms with Crippen molar-refractivity contribution in [3.8, 4) is 11.3 Å². The first-order valence-electron chi connectivity index (χ1n) is 10.4. The maximum atomic E-state index is 13.2. The van der Waals surface area contributed by atoms with E-state index in [-0.39, 0.29) is 30.0 Å². The van der Waals surface area contributed by atoms with Gasteiger partial charge in [0.25, 0.3) is 0 Å². The van der Waals surface area contributed by atoms with Crippen LogP contribution < -0.4 is 10.6 Å². The summed E-state index contributed by atoms with van der Waals surface area (Å²) in [6, 6.07) is 13.7.